The Bertz CT molecular complexity index is 477. The molecule has 6 heteroatoms. The number of carbonyl (C=O) groups is 2. The molecule has 0 aliphatic heterocycles. The Kier molecular flexibility index (Phi) is 8.62. The van der Waals surface area contributed by atoms with Gasteiger partial charge in [-0.1, -0.05) is 29.8 Å². The molecule has 1 atom stereocenters. The average Bonchev–Trinajstić information content (AvgIpc) is 2.48. The van der Waals surface area contributed by atoms with Gasteiger partial charge in [-0.15, -0.1) is 0 Å². The molecule has 0 spiro atoms. The van der Waals surface area contributed by atoms with Gasteiger partial charge in [0.2, 0.25) is 5.91 Å². The average molecular weight is 324 g/mol. The van der Waals surface area contributed by atoms with E-state index in [9.17, 15) is 9.59 Å². The van der Waals surface area contributed by atoms with E-state index in [2.05, 4.69) is 36.5 Å². The Morgan fingerprint density at radius 2 is 2.00 bits per heavy atom. The van der Waals surface area contributed by atoms with E-state index in [0.29, 0.717) is 24.5 Å². The first-order valence-electron chi connectivity index (χ1n) is 7.37. The zero-order chi connectivity index (χ0) is 16.4. The molecule has 0 aromatic heterocycles. The normalized spacial score (nSPS) is 11.9. The molecule has 5 nitrogen and oxygen atoms in total. The van der Waals surface area contributed by atoms with Crippen LogP contribution in [0.2, 0.25) is 0 Å². The molecule has 0 aliphatic rings. The highest BCUT2D eigenvalue weighted by Crippen LogP contribution is 2.07. The maximum Gasteiger partial charge on any atom is 0.321 e. The number of hydrogen-bond donors (Lipinski definition) is 3. The number of carboxylic acids is 1. The predicted molar refractivity (Wildman–Crippen MR) is 90.1 cm³/mol. The van der Waals surface area contributed by atoms with Gasteiger partial charge in [-0.2, -0.15) is 11.8 Å². The van der Waals surface area contributed by atoms with Crippen LogP contribution in [0.1, 0.15) is 24.0 Å². The lowest BCUT2D eigenvalue weighted by atomic mass is 10.1. The number of rotatable bonds is 10. The second kappa shape index (κ2) is 10.2. The molecular weight excluding hydrogens is 300 g/mol. The number of aryl methyl sites for hydroxylation is 2. The fraction of sp³-hybridized carbons (Fsp3) is 0.500. The molecule has 0 bridgehead atoms. The van der Waals surface area contributed by atoms with Crippen LogP contribution in [-0.2, 0) is 16.0 Å². The van der Waals surface area contributed by atoms with Gasteiger partial charge in [0.25, 0.3) is 0 Å². The van der Waals surface area contributed by atoms with E-state index in [1.54, 1.807) is 0 Å². The van der Waals surface area contributed by atoms with Crippen molar-refractivity contribution >= 4 is 23.6 Å². The lowest BCUT2D eigenvalue weighted by Crippen LogP contribution is -2.33. The second-order valence-corrected chi connectivity index (χ2v) is 6.36. The van der Waals surface area contributed by atoms with E-state index < -0.39 is 12.0 Å². The maximum atomic E-state index is 11.7. The highest BCUT2D eigenvalue weighted by atomic mass is 32.2. The highest BCUT2D eigenvalue weighted by molar-refractivity contribution is 7.99. The molecular formula is C16H24N2O3S. The fourth-order valence-corrected chi connectivity index (χ4v) is 2.65. The summed E-state index contributed by atoms with van der Waals surface area (Å²) < 4.78 is 0. The van der Waals surface area contributed by atoms with Gasteiger partial charge < -0.3 is 16.2 Å². The van der Waals surface area contributed by atoms with Crippen molar-refractivity contribution in [3.05, 3.63) is 35.4 Å². The summed E-state index contributed by atoms with van der Waals surface area (Å²) in [6.45, 7) is 2.60. The number of benzene rings is 1. The molecule has 1 aromatic rings. The Labute approximate surface area is 135 Å². The molecule has 1 rings (SSSR count). The summed E-state index contributed by atoms with van der Waals surface area (Å²) in [5.41, 5.74) is 7.87. The Balaban J connectivity index is 2.04. The molecule has 0 aliphatic carbocycles. The molecule has 0 fully saturated rings. The maximum absolute atomic E-state index is 11.7. The van der Waals surface area contributed by atoms with Crippen LogP contribution in [0.4, 0.5) is 0 Å². The van der Waals surface area contributed by atoms with E-state index in [1.165, 1.54) is 22.9 Å². The number of carbonyl (C=O) groups excluding carboxylic acids is 1. The first-order chi connectivity index (χ1) is 10.5. The zero-order valence-electron chi connectivity index (χ0n) is 12.9. The van der Waals surface area contributed by atoms with Crippen LogP contribution in [0.15, 0.2) is 24.3 Å². The number of nitrogens with one attached hydrogen (secondary N) is 1. The van der Waals surface area contributed by atoms with E-state index in [4.69, 9.17) is 10.8 Å². The minimum absolute atomic E-state index is 0.0373. The molecule has 4 N–H and O–H groups in total. The van der Waals surface area contributed by atoms with Crippen LogP contribution in [-0.4, -0.2) is 41.1 Å². The van der Waals surface area contributed by atoms with Gasteiger partial charge in [-0.25, -0.2) is 0 Å². The van der Waals surface area contributed by atoms with Gasteiger partial charge in [0.15, 0.2) is 0 Å². The van der Waals surface area contributed by atoms with E-state index >= 15 is 0 Å². The lowest BCUT2D eigenvalue weighted by Gasteiger charge is -2.07. The van der Waals surface area contributed by atoms with Crippen LogP contribution in [0.25, 0.3) is 0 Å². The van der Waals surface area contributed by atoms with E-state index in [-0.39, 0.29) is 5.91 Å². The monoisotopic (exact) mass is 324 g/mol. The fourth-order valence-electron chi connectivity index (χ4n) is 1.84. The predicted octanol–water partition coefficient (Wildman–Crippen LogP) is 1.58. The van der Waals surface area contributed by atoms with Crippen LogP contribution in [0.3, 0.4) is 0 Å². The number of nitrogens with two attached hydrogens (primary N) is 1. The molecule has 1 aromatic carbocycles. The van der Waals surface area contributed by atoms with Crippen molar-refractivity contribution in [3.8, 4) is 0 Å². The summed E-state index contributed by atoms with van der Waals surface area (Å²) in [6, 6.07) is 7.50. The molecule has 0 radical (unpaired) electrons. The Hall–Kier alpha value is -1.53. The van der Waals surface area contributed by atoms with Gasteiger partial charge in [0, 0.05) is 24.5 Å². The second-order valence-electron chi connectivity index (χ2n) is 5.21. The third-order valence-electron chi connectivity index (χ3n) is 3.17. The van der Waals surface area contributed by atoms with Crippen molar-refractivity contribution in [2.24, 2.45) is 5.73 Å². The standard InChI is InChI=1S/C16H24N2O3S/c1-12-5-7-13(8-6-12)3-2-4-15(19)18-9-10-22-11-14(17)16(20)21/h5-8,14H,2-4,9-11,17H2,1H3,(H,18,19)(H,20,21). The summed E-state index contributed by atoms with van der Waals surface area (Å²) in [6.07, 6.45) is 2.23. The van der Waals surface area contributed by atoms with E-state index in [0.717, 1.165) is 12.8 Å². The highest BCUT2D eigenvalue weighted by Gasteiger charge is 2.10. The lowest BCUT2D eigenvalue weighted by molar-refractivity contribution is -0.137. The number of amides is 1. The molecule has 0 saturated carbocycles. The number of carboxylic acid groups (broad SMARTS) is 1. The molecule has 22 heavy (non-hydrogen) atoms. The smallest absolute Gasteiger partial charge is 0.321 e. The van der Waals surface area contributed by atoms with Gasteiger partial charge in [-0.05, 0) is 25.3 Å². The third-order valence-corrected chi connectivity index (χ3v) is 4.26. The molecule has 122 valence electrons. The minimum Gasteiger partial charge on any atom is -0.480 e. The molecule has 0 saturated heterocycles. The van der Waals surface area contributed by atoms with Crippen LogP contribution in [0.5, 0.6) is 0 Å². The van der Waals surface area contributed by atoms with Crippen molar-refractivity contribution in [2.75, 3.05) is 18.1 Å². The van der Waals surface area contributed by atoms with Crippen LogP contribution < -0.4 is 11.1 Å². The van der Waals surface area contributed by atoms with Crippen molar-refractivity contribution in [3.63, 3.8) is 0 Å². The quantitative estimate of drug-likeness (QED) is 0.568. The zero-order valence-corrected chi connectivity index (χ0v) is 13.7. The summed E-state index contributed by atoms with van der Waals surface area (Å²) >= 11 is 1.43. The summed E-state index contributed by atoms with van der Waals surface area (Å²) in [5, 5.41) is 11.5. The largest absolute Gasteiger partial charge is 0.480 e. The first kappa shape index (κ1) is 18.5. The minimum atomic E-state index is -0.993. The number of aliphatic carboxylic acids is 1. The SMILES string of the molecule is Cc1ccc(CCCC(=O)NCCSCC(N)C(=O)O)cc1. The topological polar surface area (TPSA) is 92.4 Å². The van der Waals surface area contributed by atoms with Crippen molar-refractivity contribution in [2.45, 2.75) is 32.2 Å². The summed E-state index contributed by atoms with van der Waals surface area (Å²) in [5.74, 6) is 0.0754. The molecule has 0 heterocycles. The van der Waals surface area contributed by atoms with Crippen molar-refractivity contribution in [1.29, 1.82) is 0 Å². The number of hydrogen-bond acceptors (Lipinski definition) is 4. The van der Waals surface area contributed by atoms with Crippen LogP contribution in [0, 0.1) is 6.92 Å². The van der Waals surface area contributed by atoms with Crippen LogP contribution >= 0.6 is 11.8 Å². The third kappa shape index (κ3) is 8.05. The Morgan fingerprint density at radius 1 is 1.32 bits per heavy atom. The summed E-state index contributed by atoms with van der Waals surface area (Å²) in [4.78, 5) is 22.2. The number of thioether (sulfide) groups is 1. The summed E-state index contributed by atoms with van der Waals surface area (Å²) in [7, 11) is 0. The molecule has 1 amide bonds. The van der Waals surface area contributed by atoms with Gasteiger partial charge in [0.1, 0.15) is 6.04 Å². The van der Waals surface area contributed by atoms with Crippen molar-refractivity contribution < 1.29 is 14.7 Å². The Morgan fingerprint density at radius 3 is 2.64 bits per heavy atom. The van der Waals surface area contributed by atoms with Crippen molar-refractivity contribution in [1.82, 2.24) is 5.32 Å². The molecule has 1 unspecified atom stereocenters. The van der Waals surface area contributed by atoms with Gasteiger partial charge in [-0.3, -0.25) is 9.59 Å². The van der Waals surface area contributed by atoms with E-state index in [1.807, 2.05) is 0 Å². The van der Waals surface area contributed by atoms with Gasteiger partial charge >= 0.3 is 5.97 Å². The van der Waals surface area contributed by atoms with Gasteiger partial charge in [0.05, 0.1) is 0 Å². The first-order valence-corrected chi connectivity index (χ1v) is 8.53.